The Labute approximate surface area is 116 Å². The lowest BCUT2D eigenvalue weighted by atomic mass is 9.77. The first-order valence-corrected chi connectivity index (χ1v) is 6.51. The Bertz CT molecular complexity index is 460. The van der Waals surface area contributed by atoms with Crippen LogP contribution >= 0.6 is 0 Å². The molecule has 0 spiro atoms. The first-order chi connectivity index (χ1) is 9.50. The van der Waals surface area contributed by atoms with Crippen LogP contribution in [0.3, 0.4) is 0 Å². The number of aromatic nitrogens is 1. The number of aliphatic hydroxyl groups is 1. The molecule has 6 nitrogen and oxygen atoms in total. The molecule has 0 aliphatic heterocycles. The van der Waals surface area contributed by atoms with Crippen LogP contribution in [0.2, 0.25) is 0 Å². The summed E-state index contributed by atoms with van der Waals surface area (Å²) in [5.41, 5.74) is -0.909. The molecule has 20 heavy (non-hydrogen) atoms. The van der Waals surface area contributed by atoms with Crippen LogP contribution in [0.1, 0.15) is 19.8 Å². The average Bonchev–Trinajstić information content (AvgIpc) is 2.38. The molecule has 3 N–H and O–H groups in total. The predicted molar refractivity (Wildman–Crippen MR) is 70.8 cm³/mol. The Morgan fingerprint density at radius 1 is 1.60 bits per heavy atom. The van der Waals surface area contributed by atoms with Crippen molar-refractivity contribution in [1.29, 1.82) is 0 Å². The van der Waals surface area contributed by atoms with E-state index in [9.17, 15) is 14.3 Å². The van der Waals surface area contributed by atoms with Gasteiger partial charge in [0.2, 0.25) is 0 Å². The molecule has 7 heteroatoms. The van der Waals surface area contributed by atoms with Gasteiger partial charge in [0.25, 0.3) is 0 Å². The van der Waals surface area contributed by atoms with E-state index < -0.39 is 17.4 Å². The predicted octanol–water partition coefficient (Wildman–Crippen LogP) is 1.27. The van der Waals surface area contributed by atoms with Crippen LogP contribution in [0.4, 0.5) is 15.0 Å². The van der Waals surface area contributed by atoms with E-state index in [0.717, 1.165) is 6.20 Å². The third kappa shape index (κ3) is 3.88. The highest BCUT2D eigenvalue weighted by Gasteiger charge is 2.43. The number of nitrogens with one attached hydrogen (secondary N) is 2. The molecule has 1 saturated carbocycles. The summed E-state index contributed by atoms with van der Waals surface area (Å²) in [6, 6.07) is 2.07. The molecule has 1 aliphatic carbocycles. The van der Waals surface area contributed by atoms with Crippen molar-refractivity contribution < 1.29 is 19.0 Å². The first kappa shape index (κ1) is 14.7. The van der Waals surface area contributed by atoms with Crippen LogP contribution in [0, 0.1) is 5.82 Å². The van der Waals surface area contributed by atoms with E-state index >= 15 is 0 Å². The molecule has 110 valence electrons. The molecule has 0 radical (unpaired) electrons. The fourth-order valence-electron chi connectivity index (χ4n) is 2.14. The number of amides is 2. The van der Waals surface area contributed by atoms with Crippen LogP contribution in [-0.2, 0) is 4.74 Å². The number of carbonyl (C=O) groups is 1. The minimum atomic E-state index is -0.909. The summed E-state index contributed by atoms with van der Waals surface area (Å²) >= 11 is 0. The van der Waals surface area contributed by atoms with E-state index in [1.165, 1.54) is 12.1 Å². The minimum absolute atomic E-state index is 0.0635. The van der Waals surface area contributed by atoms with Gasteiger partial charge in [0.15, 0.2) is 0 Å². The molecular formula is C13H18FN3O3. The smallest absolute Gasteiger partial charge is 0.320 e. The van der Waals surface area contributed by atoms with Gasteiger partial charge in [-0.05, 0) is 19.1 Å². The molecule has 1 aromatic rings. The second-order valence-electron chi connectivity index (χ2n) is 4.88. The molecule has 1 heterocycles. The second-order valence-corrected chi connectivity index (χ2v) is 4.88. The minimum Gasteiger partial charge on any atom is -0.388 e. The quantitative estimate of drug-likeness (QED) is 0.760. The monoisotopic (exact) mass is 283 g/mol. The zero-order chi connectivity index (χ0) is 14.6. The largest absolute Gasteiger partial charge is 0.388 e. The highest BCUT2D eigenvalue weighted by atomic mass is 19.1. The van der Waals surface area contributed by atoms with Crippen molar-refractivity contribution in [3.05, 3.63) is 24.1 Å². The highest BCUT2D eigenvalue weighted by molar-refractivity contribution is 5.88. The molecule has 2 rings (SSSR count). The second kappa shape index (κ2) is 6.15. The van der Waals surface area contributed by atoms with Gasteiger partial charge in [-0.15, -0.1) is 0 Å². The SMILES string of the molecule is CCOC1CC(O)(CNC(=O)Nc2ccc(F)cn2)C1. The van der Waals surface area contributed by atoms with Crippen molar-refractivity contribution in [2.24, 2.45) is 0 Å². The van der Waals surface area contributed by atoms with Gasteiger partial charge < -0.3 is 15.2 Å². The van der Waals surface area contributed by atoms with E-state index in [-0.39, 0.29) is 18.5 Å². The standard InChI is InChI=1S/C13H18FN3O3/c1-2-20-10-5-13(19,6-10)8-16-12(18)17-11-4-3-9(14)7-15-11/h3-4,7,10,19H,2,5-6,8H2,1H3,(H2,15,16,17,18). The number of pyridine rings is 1. The molecule has 0 bridgehead atoms. The lowest BCUT2D eigenvalue weighted by molar-refractivity contribution is -0.133. The molecule has 1 fully saturated rings. The van der Waals surface area contributed by atoms with Crippen molar-refractivity contribution in [2.45, 2.75) is 31.5 Å². The molecule has 2 amide bonds. The Hall–Kier alpha value is -1.73. The number of halogens is 1. The zero-order valence-corrected chi connectivity index (χ0v) is 11.2. The molecule has 0 unspecified atom stereocenters. The fraction of sp³-hybridized carbons (Fsp3) is 0.538. The fourth-order valence-corrected chi connectivity index (χ4v) is 2.14. The number of ether oxygens (including phenoxy) is 1. The Balaban J connectivity index is 1.72. The van der Waals surface area contributed by atoms with Gasteiger partial charge in [0, 0.05) is 26.0 Å². The van der Waals surface area contributed by atoms with Gasteiger partial charge in [-0.2, -0.15) is 0 Å². The van der Waals surface area contributed by atoms with E-state index in [4.69, 9.17) is 4.74 Å². The van der Waals surface area contributed by atoms with Gasteiger partial charge in [-0.25, -0.2) is 14.2 Å². The van der Waals surface area contributed by atoms with Crippen molar-refractivity contribution in [3.63, 3.8) is 0 Å². The van der Waals surface area contributed by atoms with Crippen molar-refractivity contribution in [3.8, 4) is 0 Å². The Kier molecular flexibility index (Phi) is 4.51. The number of hydrogen-bond acceptors (Lipinski definition) is 4. The van der Waals surface area contributed by atoms with Gasteiger partial charge in [-0.1, -0.05) is 0 Å². The van der Waals surface area contributed by atoms with Crippen molar-refractivity contribution in [2.75, 3.05) is 18.5 Å². The average molecular weight is 283 g/mol. The number of rotatable bonds is 5. The van der Waals surface area contributed by atoms with E-state index in [1.807, 2.05) is 6.92 Å². The van der Waals surface area contributed by atoms with E-state index in [2.05, 4.69) is 15.6 Å². The summed E-state index contributed by atoms with van der Waals surface area (Å²) in [5.74, 6) is -0.224. The van der Waals surface area contributed by atoms with Crippen molar-refractivity contribution in [1.82, 2.24) is 10.3 Å². The number of nitrogens with zero attached hydrogens (tertiary/aromatic N) is 1. The molecule has 0 atom stereocenters. The summed E-state index contributed by atoms with van der Waals surface area (Å²) in [6.45, 7) is 2.66. The summed E-state index contributed by atoms with van der Waals surface area (Å²) in [5, 5.41) is 15.1. The van der Waals surface area contributed by atoms with Gasteiger partial charge in [-0.3, -0.25) is 5.32 Å². The maximum atomic E-state index is 12.6. The van der Waals surface area contributed by atoms with Gasteiger partial charge in [0.1, 0.15) is 11.6 Å². The van der Waals surface area contributed by atoms with E-state index in [1.54, 1.807) is 0 Å². The van der Waals surface area contributed by atoms with Crippen LogP contribution < -0.4 is 10.6 Å². The van der Waals surface area contributed by atoms with Crippen LogP contribution in [0.15, 0.2) is 18.3 Å². The number of carbonyl (C=O) groups excluding carboxylic acids is 1. The topological polar surface area (TPSA) is 83.5 Å². The normalized spacial score (nSPS) is 24.9. The molecular weight excluding hydrogens is 265 g/mol. The third-order valence-corrected chi connectivity index (χ3v) is 3.16. The van der Waals surface area contributed by atoms with Crippen LogP contribution in [0.5, 0.6) is 0 Å². The van der Waals surface area contributed by atoms with Crippen LogP contribution in [-0.4, -0.2) is 41.0 Å². The highest BCUT2D eigenvalue weighted by Crippen LogP contribution is 2.33. The van der Waals surface area contributed by atoms with Crippen LogP contribution in [0.25, 0.3) is 0 Å². The Morgan fingerprint density at radius 2 is 2.35 bits per heavy atom. The number of hydrogen-bond donors (Lipinski definition) is 3. The van der Waals surface area contributed by atoms with E-state index in [0.29, 0.717) is 19.4 Å². The first-order valence-electron chi connectivity index (χ1n) is 6.51. The number of urea groups is 1. The summed E-state index contributed by atoms with van der Waals surface area (Å²) in [6.07, 6.45) is 2.10. The summed E-state index contributed by atoms with van der Waals surface area (Å²) in [4.78, 5) is 15.3. The van der Waals surface area contributed by atoms with Crippen molar-refractivity contribution >= 4 is 11.8 Å². The zero-order valence-electron chi connectivity index (χ0n) is 11.2. The third-order valence-electron chi connectivity index (χ3n) is 3.16. The molecule has 1 aromatic heterocycles. The lowest BCUT2D eigenvalue weighted by Crippen LogP contribution is -2.55. The lowest BCUT2D eigenvalue weighted by Gasteiger charge is -2.43. The summed E-state index contributed by atoms with van der Waals surface area (Å²) in [7, 11) is 0. The number of anilines is 1. The molecule has 0 saturated heterocycles. The summed E-state index contributed by atoms with van der Waals surface area (Å²) < 4.78 is 18.0. The maximum Gasteiger partial charge on any atom is 0.320 e. The molecule has 1 aliphatic rings. The van der Waals surface area contributed by atoms with Gasteiger partial charge >= 0.3 is 6.03 Å². The molecule has 0 aromatic carbocycles. The Morgan fingerprint density at radius 3 is 2.95 bits per heavy atom. The maximum absolute atomic E-state index is 12.6. The van der Waals surface area contributed by atoms with Gasteiger partial charge in [0.05, 0.1) is 17.9 Å².